The van der Waals surface area contributed by atoms with Crippen molar-refractivity contribution >= 4 is 6.03 Å². The maximum Gasteiger partial charge on any atom is 0.317 e. The molecule has 25 heavy (non-hydrogen) atoms. The number of halogens is 1. The van der Waals surface area contributed by atoms with Crippen LogP contribution in [0.3, 0.4) is 0 Å². The minimum absolute atomic E-state index is 0.0763. The van der Waals surface area contributed by atoms with E-state index in [0.29, 0.717) is 43.8 Å². The van der Waals surface area contributed by atoms with Gasteiger partial charge in [-0.15, -0.1) is 0 Å². The van der Waals surface area contributed by atoms with Gasteiger partial charge in [0.2, 0.25) is 0 Å². The van der Waals surface area contributed by atoms with Gasteiger partial charge in [-0.3, -0.25) is 0 Å². The van der Waals surface area contributed by atoms with Gasteiger partial charge in [-0.1, -0.05) is 18.2 Å². The van der Waals surface area contributed by atoms with Crippen LogP contribution >= 0.6 is 0 Å². The number of morpholine rings is 1. The average Bonchev–Trinajstić information content (AvgIpc) is 3.09. The van der Waals surface area contributed by atoms with Crippen molar-refractivity contribution in [3.63, 3.8) is 0 Å². The molecule has 2 aliphatic heterocycles. The molecule has 0 saturated carbocycles. The molecule has 2 amide bonds. The first-order valence-corrected chi connectivity index (χ1v) is 9.17. The number of ether oxygens (including phenoxy) is 1. The second kappa shape index (κ2) is 8.15. The molecular formula is C19H28FN3O2. The first kappa shape index (κ1) is 18.1. The summed E-state index contributed by atoms with van der Waals surface area (Å²) in [6.45, 7) is 8.61. The SMILES string of the molecule is CC(C)N1CC[C@H](CNC(=O)N2CCO[C@@H](c3ccccc3F)C2)C1. The van der Waals surface area contributed by atoms with Crippen LogP contribution in [0, 0.1) is 11.7 Å². The highest BCUT2D eigenvalue weighted by molar-refractivity contribution is 5.74. The molecule has 2 aliphatic rings. The van der Waals surface area contributed by atoms with Gasteiger partial charge < -0.3 is 19.9 Å². The summed E-state index contributed by atoms with van der Waals surface area (Å²) in [7, 11) is 0. The Balaban J connectivity index is 1.50. The molecule has 1 N–H and O–H groups in total. The number of likely N-dealkylation sites (tertiary alicyclic amines) is 1. The summed E-state index contributed by atoms with van der Waals surface area (Å²) in [6, 6.07) is 7.09. The van der Waals surface area contributed by atoms with Crippen LogP contribution in [0.1, 0.15) is 31.9 Å². The second-order valence-corrected chi connectivity index (χ2v) is 7.26. The number of nitrogens with one attached hydrogen (secondary N) is 1. The molecule has 5 nitrogen and oxygen atoms in total. The van der Waals surface area contributed by atoms with Crippen molar-refractivity contribution in [2.24, 2.45) is 5.92 Å². The van der Waals surface area contributed by atoms with Gasteiger partial charge in [0.05, 0.1) is 13.2 Å². The van der Waals surface area contributed by atoms with E-state index in [1.54, 1.807) is 23.1 Å². The Morgan fingerprint density at radius 3 is 2.84 bits per heavy atom. The van der Waals surface area contributed by atoms with E-state index >= 15 is 0 Å². The average molecular weight is 349 g/mol. The predicted octanol–water partition coefficient (Wildman–Crippen LogP) is 2.64. The maximum absolute atomic E-state index is 14.0. The fraction of sp³-hybridized carbons (Fsp3) is 0.632. The minimum atomic E-state index is -0.399. The molecule has 2 saturated heterocycles. The van der Waals surface area contributed by atoms with Gasteiger partial charge >= 0.3 is 6.03 Å². The summed E-state index contributed by atoms with van der Waals surface area (Å²) >= 11 is 0. The molecule has 0 bridgehead atoms. The molecule has 2 heterocycles. The number of urea groups is 1. The third-order valence-electron chi connectivity index (χ3n) is 5.20. The van der Waals surface area contributed by atoms with E-state index in [-0.39, 0.29) is 11.8 Å². The molecular weight excluding hydrogens is 321 g/mol. The van der Waals surface area contributed by atoms with Gasteiger partial charge in [0.25, 0.3) is 0 Å². The van der Waals surface area contributed by atoms with E-state index in [1.807, 2.05) is 0 Å². The van der Waals surface area contributed by atoms with Gasteiger partial charge in [-0.05, 0) is 38.8 Å². The van der Waals surface area contributed by atoms with E-state index < -0.39 is 6.10 Å². The van der Waals surface area contributed by atoms with Crippen LogP contribution in [-0.2, 0) is 4.74 Å². The molecule has 0 spiro atoms. The monoisotopic (exact) mass is 349 g/mol. The molecule has 3 rings (SSSR count). The number of carbonyl (C=O) groups is 1. The molecule has 2 atom stereocenters. The molecule has 138 valence electrons. The third-order valence-corrected chi connectivity index (χ3v) is 5.20. The lowest BCUT2D eigenvalue weighted by molar-refractivity contribution is -0.0172. The first-order valence-electron chi connectivity index (χ1n) is 9.17. The summed E-state index contributed by atoms with van der Waals surface area (Å²) in [5.74, 6) is 0.226. The topological polar surface area (TPSA) is 44.8 Å². The highest BCUT2D eigenvalue weighted by Gasteiger charge is 2.28. The lowest BCUT2D eigenvalue weighted by Gasteiger charge is -2.33. The molecule has 1 aromatic carbocycles. The fourth-order valence-corrected chi connectivity index (χ4v) is 3.60. The highest BCUT2D eigenvalue weighted by Crippen LogP contribution is 2.24. The second-order valence-electron chi connectivity index (χ2n) is 7.26. The molecule has 0 unspecified atom stereocenters. The van der Waals surface area contributed by atoms with Gasteiger partial charge in [0.15, 0.2) is 0 Å². The number of nitrogens with zero attached hydrogens (tertiary/aromatic N) is 2. The molecule has 2 fully saturated rings. The summed E-state index contributed by atoms with van der Waals surface area (Å²) in [6.07, 6.45) is 0.725. The van der Waals surface area contributed by atoms with Gasteiger partial charge in [-0.2, -0.15) is 0 Å². The highest BCUT2D eigenvalue weighted by atomic mass is 19.1. The number of amides is 2. The molecule has 6 heteroatoms. The van der Waals surface area contributed by atoms with Crippen LogP contribution in [0.15, 0.2) is 24.3 Å². The van der Waals surface area contributed by atoms with Gasteiger partial charge in [0.1, 0.15) is 11.9 Å². The summed E-state index contributed by atoms with van der Waals surface area (Å²) in [5.41, 5.74) is 0.517. The Morgan fingerprint density at radius 2 is 2.12 bits per heavy atom. The maximum atomic E-state index is 14.0. The van der Waals surface area contributed by atoms with E-state index in [0.717, 1.165) is 19.5 Å². The van der Waals surface area contributed by atoms with E-state index in [4.69, 9.17) is 4.74 Å². The Labute approximate surface area is 149 Å². The van der Waals surface area contributed by atoms with E-state index in [2.05, 4.69) is 24.1 Å². The van der Waals surface area contributed by atoms with Crippen molar-refractivity contribution < 1.29 is 13.9 Å². The third kappa shape index (κ3) is 4.50. The van der Waals surface area contributed by atoms with Gasteiger partial charge in [0, 0.05) is 31.2 Å². The number of carbonyl (C=O) groups excluding carboxylic acids is 1. The van der Waals surface area contributed by atoms with Crippen molar-refractivity contribution in [3.8, 4) is 0 Å². The van der Waals surface area contributed by atoms with Crippen LogP contribution in [-0.4, -0.2) is 61.2 Å². The predicted molar refractivity (Wildman–Crippen MR) is 94.9 cm³/mol. The number of rotatable bonds is 4. The largest absolute Gasteiger partial charge is 0.370 e. The number of benzene rings is 1. The van der Waals surface area contributed by atoms with Crippen molar-refractivity contribution in [3.05, 3.63) is 35.6 Å². The zero-order valence-electron chi connectivity index (χ0n) is 15.1. The Bertz CT molecular complexity index is 596. The van der Waals surface area contributed by atoms with Crippen LogP contribution in [0.2, 0.25) is 0 Å². The van der Waals surface area contributed by atoms with E-state index in [9.17, 15) is 9.18 Å². The quantitative estimate of drug-likeness (QED) is 0.909. The zero-order chi connectivity index (χ0) is 17.8. The molecule has 0 radical (unpaired) electrons. The molecule has 1 aromatic rings. The standard InChI is InChI=1S/C19H28FN3O2/c1-14(2)22-8-7-15(12-22)11-21-19(24)23-9-10-25-18(13-23)16-5-3-4-6-17(16)20/h3-6,14-15,18H,7-13H2,1-2H3,(H,21,24)/t15-,18-/m1/s1. The van der Waals surface area contributed by atoms with Crippen molar-refractivity contribution in [1.82, 2.24) is 15.1 Å². The van der Waals surface area contributed by atoms with E-state index in [1.165, 1.54) is 6.07 Å². The molecule has 0 aliphatic carbocycles. The Morgan fingerprint density at radius 1 is 1.32 bits per heavy atom. The summed E-state index contributed by atoms with van der Waals surface area (Å²) in [5, 5.41) is 3.05. The van der Waals surface area contributed by atoms with Gasteiger partial charge in [-0.25, -0.2) is 9.18 Å². The van der Waals surface area contributed by atoms with Crippen LogP contribution in [0.25, 0.3) is 0 Å². The minimum Gasteiger partial charge on any atom is -0.370 e. The van der Waals surface area contributed by atoms with Crippen molar-refractivity contribution in [2.45, 2.75) is 32.4 Å². The number of hydrogen-bond acceptors (Lipinski definition) is 3. The van der Waals surface area contributed by atoms with Crippen molar-refractivity contribution in [1.29, 1.82) is 0 Å². The molecule has 0 aromatic heterocycles. The first-order chi connectivity index (χ1) is 12.0. The summed E-state index contributed by atoms with van der Waals surface area (Å²) in [4.78, 5) is 16.7. The zero-order valence-corrected chi connectivity index (χ0v) is 15.1. The normalized spacial score (nSPS) is 24.7. The lowest BCUT2D eigenvalue weighted by Crippen LogP contribution is -2.48. The Hall–Kier alpha value is -1.66. The lowest BCUT2D eigenvalue weighted by atomic mass is 10.1. The van der Waals surface area contributed by atoms with Crippen LogP contribution < -0.4 is 5.32 Å². The van der Waals surface area contributed by atoms with Crippen molar-refractivity contribution in [2.75, 3.05) is 39.3 Å². The summed E-state index contributed by atoms with van der Waals surface area (Å²) < 4.78 is 19.6. The Kier molecular flexibility index (Phi) is 5.91. The smallest absolute Gasteiger partial charge is 0.317 e. The fourth-order valence-electron chi connectivity index (χ4n) is 3.60. The van der Waals surface area contributed by atoms with Crippen LogP contribution in [0.5, 0.6) is 0 Å². The number of hydrogen-bond donors (Lipinski definition) is 1. The van der Waals surface area contributed by atoms with Crippen LogP contribution in [0.4, 0.5) is 9.18 Å².